The molecule has 0 atom stereocenters. The Kier molecular flexibility index (Phi) is 6.98. The molecule has 0 saturated heterocycles. The number of carbonyl (C=O) groups is 2. The number of alkyl halides is 1. The minimum absolute atomic E-state index is 0.109. The van der Waals surface area contributed by atoms with Crippen LogP contribution in [0.4, 0.5) is 4.79 Å². The summed E-state index contributed by atoms with van der Waals surface area (Å²) in [5, 5.41) is 7.58. The van der Waals surface area contributed by atoms with E-state index in [1.165, 1.54) is 0 Å². The number of Topliss-reactive ketones (excluding diaryl/α,β-unsaturated/α-hetero) is 1. The predicted molar refractivity (Wildman–Crippen MR) is 64.5 cm³/mol. The number of carboxylic acid groups (broad SMARTS) is 1. The number of amides is 1. The lowest BCUT2D eigenvalue weighted by Gasteiger charge is -1.95. The highest BCUT2D eigenvalue weighted by molar-refractivity contribution is 9.10. The maximum Gasteiger partial charge on any atom is 0.402 e. The first-order valence-corrected chi connectivity index (χ1v) is 5.72. The van der Waals surface area contributed by atoms with Crippen molar-refractivity contribution in [2.45, 2.75) is 0 Å². The van der Waals surface area contributed by atoms with Crippen LogP contribution >= 0.6 is 31.9 Å². The summed E-state index contributed by atoms with van der Waals surface area (Å²) in [7, 11) is 0. The van der Waals surface area contributed by atoms with E-state index < -0.39 is 6.09 Å². The van der Waals surface area contributed by atoms with Crippen LogP contribution in [0.2, 0.25) is 0 Å². The van der Waals surface area contributed by atoms with E-state index in [0.717, 1.165) is 10.0 Å². The maximum atomic E-state index is 11.1. The molecule has 1 aromatic carbocycles. The molecule has 0 aromatic heterocycles. The zero-order valence-electron chi connectivity index (χ0n) is 7.61. The van der Waals surface area contributed by atoms with Crippen LogP contribution in [0.3, 0.4) is 0 Å². The zero-order chi connectivity index (χ0) is 11.8. The van der Waals surface area contributed by atoms with Crippen molar-refractivity contribution in [1.29, 1.82) is 0 Å². The lowest BCUT2D eigenvalue weighted by molar-refractivity contribution is 0.102. The predicted octanol–water partition coefficient (Wildman–Crippen LogP) is 2.65. The van der Waals surface area contributed by atoms with Gasteiger partial charge in [-0.1, -0.05) is 44.0 Å². The highest BCUT2D eigenvalue weighted by Crippen LogP contribution is 2.11. The van der Waals surface area contributed by atoms with Gasteiger partial charge in [-0.2, -0.15) is 0 Å². The third-order valence-electron chi connectivity index (χ3n) is 1.29. The first-order chi connectivity index (χ1) is 6.97. The average molecular weight is 339 g/mol. The minimum Gasteiger partial charge on any atom is -0.465 e. The summed E-state index contributed by atoms with van der Waals surface area (Å²) in [5.41, 5.74) is 4.77. The van der Waals surface area contributed by atoms with Gasteiger partial charge in [-0.15, -0.1) is 0 Å². The summed E-state index contributed by atoms with van der Waals surface area (Å²) in [6.45, 7) is 0. The molecule has 0 heterocycles. The number of carbonyl (C=O) groups excluding carboxylic acids is 1. The van der Waals surface area contributed by atoms with Crippen molar-refractivity contribution < 1.29 is 14.7 Å². The fourth-order valence-corrected chi connectivity index (χ4v) is 1.30. The van der Waals surface area contributed by atoms with Gasteiger partial charge >= 0.3 is 6.09 Å². The third-order valence-corrected chi connectivity index (χ3v) is 2.33. The first-order valence-electron chi connectivity index (χ1n) is 3.80. The molecule has 0 saturated carbocycles. The van der Waals surface area contributed by atoms with Crippen molar-refractivity contribution in [2.24, 2.45) is 5.73 Å². The van der Waals surface area contributed by atoms with Gasteiger partial charge in [0.05, 0.1) is 5.33 Å². The van der Waals surface area contributed by atoms with E-state index in [1.54, 1.807) is 12.1 Å². The highest BCUT2D eigenvalue weighted by Gasteiger charge is 2.01. The lowest BCUT2D eigenvalue weighted by Crippen LogP contribution is -2.03. The van der Waals surface area contributed by atoms with E-state index in [0.29, 0.717) is 5.33 Å². The van der Waals surface area contributed by atoms with Crippen LogP contribution in [-0.4, -0.2) is 22.3 Å². The molecule has 15 heavy (non-hydrogen) atoms. The fraction of sp³-hybridized carbons (Fsp3) is 0.111. The van der Waals surface area contributed by atoms with Crippen LogP contribution in [-0.2, 0) is 0 Å². The average Bonchev–Trinajstić information content (AvgIpc) is 2.17. The van der Waals surface area contributed by atoms with E-state index in [4.69, 9.17) is 9.90 Å². The van der Waals surface area contributed by atoms with E-state index in [2.05, 4.69) is 37.6 Å². The molecule has 0 aliphatic heterocycles. The van der Waals surface area contributed by atoms with Crippen molar-refractivity contribution in [3.05, 3.63) is 34.3 Å². The third kappa shape index (κ3) is 7.10. The van der Waals surface area contributed by atoms with E-state index >= 15 is 0 Å². The number of primary amides is 1. The molecule has 82 valence electrons. The van der Waals surface area contributed by atoms with Crippen molar-refractivity contribution in [1.82, 2.24) is 0 Å². The van der Waals surface area contributed by atoms with Crippen LogP contribution in [0.5, 0.6) is 0 Å². The molecule has 1 amide bonds. The largest absolute Gasteiger partial charge is 0.465 e. The SMILES string of the molecule is NC(=O)O.O=C(CBr)c1ccc(Br)cc1. The Morgan fingerprint density at radius 3 is 2.00 bits per heavy atom. The van der Waals surface area contributed by atoms with Crippen molar-refractivity contribution in [3.8, 4) is 0 Å². The summed E-state index contributed by atoms with van der Waals surface area (Å²) in [5.74, 6) is 0.109. The minimum atomic E-state index is -1.33. The Morgan fingerprint density at radius 1 is 1.27 bits per heavy atom. The molecule has 3 N–H and O–H groups in total. The molecule has 0 unspecified atom stereocenters. The Hall–Kier alpha value is -0.880. The summed E-state index contributed by atoms with van der Waals surface area (Å²) in [6.07, 6.45) is -1.33. The Bertz CT molecular complexity index is 334. The Morgan fingerprint density at radius 2 is 1.67 bits per heavy atom. The molecule has 6 heteroatoms. The lowest BCUT2D eigenvalue weighted by atomic mass is 10.2. The van der Waals surface area contributed by atoms with E-state index in [-0.39, 0.29) is 5.78 Å². The van der Waals surface area contributed by atoms with E-state index in [9.17, 15) is 4.79 Å². The van der Waals surface area contributed by atoms with Crippen molar-refractivity contribution in [3.63, 3.8) is 0 Å². The molecule has 0 fully saturated rings. The molecular weight excluding hydrogens is 330 g/mol. The normalized spacial score (nSPS) is 8.67. The smallest absolute Gasteiger partial charge is 0.402 e. The highest BCUT2D eigenvalue weighted by atomic mass is 79.9. The van der Waals surface area contributed by atoms with Gasteiger partial charge in [0.1, 0.15) is 0 Å². The topological polar surface area (TPSA) is 80.4 Å². The number of rotatable bonds is 2. The van der Waals surface area contributed by atoms with Crippen LogP contribution in [0.15, 0.2) is 28.7 Å². The molecule has 4 nitrogen and oxygen atoms in total. The molecule has 1 aromatic rings. The van der Waals surface area contributed by atoms with Crippen molar-refractivity contribution in [2.75, 3.05) is 5.33 Å². The van der Waals surface area contributed by atoms with Gasteiger partial charge in [0, 0.05) is 10.0 Å². The van der Waals surface area contributed by atoms with Crippen LogP contribution in [0, 0.1) is 0 Å². The number of hydrogen-bond donors (Lipinski definition) is 2. The Labute approximate surface area is 104 Å². The van der Waals surface area contributed by atoms with Gasteiger partial charge in [-0.05, 0) is 12.1 Å². The molecule has 0 aliphatic rings. The number of halogens is 2. The number of hydrogen-bond acceptors (Lipinski definition) is 2. The standard InChI is InChI=1S/C8H6Br2O.CH3NO2/c9-5-8(11)6-1-3-7(10)4-2-6;2-1(3)4/h1-4H,5H2;2H2,(H,3,4). The molecule has 0 bridgehead atoms. The van der Waals surface area contributed by atoms with Gasteiger partial charge in [0.15, 0.2) is 5.78 Å². The van der Waals surface area contributed by atoms with Gasteiger partial charge in [-0.25, -0.2) is 4.79 Å². The second-order valence-corrected chi connectivity index (χ2v) is 3.88. The van der Waals surface area contributed by atoms with Gasteiger partial charge in [0.25, 0.3) is 0 Å². The van der Waals surface area contributed by atoms with Crippen LogP contribution < -0.4 is 5.73 Å². The fourth-order valence-electron chi connectivity index (χ4n) is 0.713. The second kappa shape index (κ2) is 7.42. The summed E-state index contributed by atoms with van der Waals surface area (Å²) in [4.78, 5) is 19.8. The summed E-state index contributed by atoms with van der Waals surface area (Å²) < 4.78 is 0.989. The second-order valence-electron chi connectivity index (χ2n) is 2.40. The zero-order valence-corrected chi connectivity index (χ0v) is 10.8. The van der Waals surface area contributed by atoms with Gasteiger partial charge < -0.3 is 10.8 Å². The molecule has 1 rings (SSSR count). The number of ketones is 1. The number of benzene rings is 1. The monoisotopic (exact) mass is 337 g/mol. The molecular formula is C9H9Br2NO3. The van der Waals surface area contributed by atoms with Crippen molar-refractivity contribution >= 4 is 43.7 Å². The summed E-state index contributed by atoms with van der Waals surface area (Å²) in [6, 6.07) is 7.31. The Balaban J connectivity index is 0.000000423. The summed E-state index contributed by atoms with van der Waals surface area (Å²) >= 11 is 6.40. The first kappa shape index (κ1) is 14.1. The van der Waals surface area contributed by atoms with Crippen LogP contribution in [0.25, 0.3) is 0 Å². The van der Waals surface area contributed by atoms with E-state index in [1.807, 2.05) is 12.1 Å². The van der Waals surface area contributed by atoms with Crippen LogP contribution in [0.1, 0.15) is 10.4 Å². The molecule has 0 spiro atoms. The number of nitrogens with two attached hydrogens (primary N) is 1. The molecule has 0 aliphatic carbocycles. The van der Waals surface area contributed by atoms with Gasteiger partial charge in [0.2, 0.25) is 0 Å². The van der Waals surface area contributed by atoms with Gasteiger partial charge in [-0.3, -0.25) is 4.79 Å². The quantitative estimate of drug-likeness (QED) is 0.642. The molecule has 0 radical (unpaired) electrons. The maximum absolute atomic E-state index is 11.1.